The van der Waals surface area contributed by atoms with Crippen LogP contribution in [-0.4, -0.2) is 46.3 Å². The Hall–Kier alpha value is -2.90. The van der Waals surface area contributed by atoms with Gasteiger partial charge in [0.15, 0.2) is 6.10 Å². The average molecular weight is 445 g/mol. The van der Waals surface area contributed by atoms with Crippen molar-refractivity contribution >= 4 is 23.7 Å². The first-order valence-corrected chi connectivity index (χ1v) is 11.3. The summed E-state index contributed by atoms with van der Waals surface area (Å²) in [4.78, 5) is 51.1. The van der Waals surface area contributed by atoms with E-state index in [0.29, 0.717) is 23.3 Å². The predicted molar refractivity (Wildman–Crippen MR) is 117 cm³/mol. The van der Waals surface area contributed by atoms with Gasteiger partial charge in [0.2, 0.25) is 11.8 Å². The molecule has 8 heteroatoms. The molecule has 1 N–H and O–H groups in total. The van der Waals surface area contributed by atoms with E-state index in [1.54, 1.807) is 18.2 Å². The summed E-state index contributed by atoms with van der Waals surface area (Å²) < 4.78 is 11.7. The van der Waals surface area contributed by atoms with Gasteiger partial charge in [-0.1, -0.05) is 25.8 Å². The lowest BCUT2D eigenvalue weighted by Crippen LogP contribution is -2.52. The fourth-order valence-electron chi connectivity index (χ4n) is 3.99. The Kier molecular flexibility index (Phi) is 7.21. The number of amides is 3. The first kappa shape index (κ1) is 23.8. The minimum atomic E-state index is -0.785. The number of imide groups is 1. The molecule has 0 aliphatic carbocycles. The normalized spacial score (nSPS) is 19.4. The molecule has 0 saturated carbocycles. The van der Waals surface area contributed by atoms with Gasteiger partial charge in [0.25, 0.3) is 5.91 Å². The van der Waals surface area contributed by atoms with E-state index in [9.17, 15) is 19.2 Å². The van der Waals surface area contributed by atoms with Crippen LogP contribution in [0.5, 0.6) is 5.75 Å². The van der Waals surface area contributed by atoms with Gasteiger partial charge in [-0.2, -0.15) is 0 Å². The Morgan fingerprint density at radius 3 is 2.62 bits per heavy atom. The molecule has 32 heavy (non-hydrogen) atoms. The highest BCUT2D eigenvalue weighted by Gasteiger charge is 2.40. The van der Waals surface area contributed by atoms with Crippen molar-refractivity contribution in [2.24, 2.45) is 0 Å². The van der Waals surface area contributed by atoms with Crippen LogP contribution >= 0.6 is 0 Å². The molecule has 0 spiro atoms. The van der Waals surface area contributed by atoms with Crippen molar-refractivity contribution in [1.29, 1.82) is 0 Å². The standard InChI is InChI=1S/C24H32N2O6/c1-5-6-7-10-19(23(30)32-24(2,3)4)31-18-11-8-9-15-16(18)14-26(22(15)29)17-12-13-20(27)25-21(17)28/h8-9,11,17,19H,5-7,10,12-14H2,1-4H3,(H,25,27,28). The third-order valence-corrected chi connectivity index (χ3v) is 5.55. The second-order valence-electron chi connectivity index (χ2n) is 9.32. The Morgan fingerprint density at radius 1 is 1.22 bits per heavy atom. The molecular formula is C24H32N2O6. The van der Waals surface area contributed by atoms with Gasteiger partial charge >= 0.3 is 5.97 Å². The number of fused-ring (bicyclic) bond motifs is 1. The smallest absolute Gasteiger partial charge is 0.347 e. The maximum Gasteiger partial charge on any atom is 0.347 e. The van der Waals surface area contributed by atoms with Gasteiger partial charge in [-0.3, -0.25) is 19.7 Å². The van der Waals surface area contributed by atoms with Crippen LogP contribution < -0.4 is 10.1 Å². The highest BCUT2D eigenvalue weighted by Crippen LogP contribution is 2.34. The molecule has 2 atom stereocenters. The monoisotopic (exact) mass is 444 g/mol. The van der Waals surface area contributed by atoms with E-state index in [1.807, 2.05) is 20.8 Å². The topological polar surface area (TPSA) is 102 Å². The first-order chi connectivity index (χ1) is 15.1. The first-order valence-electron chi connectivity index (χ1n) is 11.3. The average Bonchev–Trinajstić information content (AvgIpc) is 3.03. The molecule has 3 amide bonds. The Bertz CT molecular complexity index is 904. The number of hydrogen-bond acceptors (Lipinski definition) is 6. The molecule has 1 aromatic carbocycles. The highest BCUT2D eigenvalue weighted by molar-refractivity contribution is 6.05. The molecule has 0 bridgehead atoms. The van der Waals surface area contributed by atoms with Gasteiger partial charge < -0.3 is 14.4 Å². The molecule has 2 aliphatic rings. The van der Waals surface area contributed by atoms with Crippen molar-refractivity contribution in [3.63, 3.8) is 0 Å². The zero-order valence-electron chi connectivity index (χ0n) is 19.2. The van der Waals surface area contributed by atoms with Crippen LogP contribution in [0.15, 0.2) is 18.2 Å². The minimum Gasteiger partial charge on any atom is -0.478 e. The summed E-state index contributed by atoms with van der Waals surface area (Å²) in [6, 6.07) is 4.43. The lowest BCUT2D eigenvalue weighted by molar-refractivity contribution is -0.163. The Morgan fingerprint density at radius 2 is 1.97 bits per heavy atom. The van der Waals surface area contributed by atoms with E-state index < -0.39 is 29.6 Å². The predicted octanol–water partition coefficient (Wildman–Crippen LogP) is 3.12. The van der Waals surface area contributed by atoms with E-state index in [-0.39, 0.29) is 31.2 Å². The molecule has 1 aromatic rings. The van der Waals surface area contributed by atoms with Gasteiger partial charge in [-0.25, -0.2) is 4.79 Å². The number of hydrogen-bond donors (Lipinski definition) is 1. The number of nitrogens with zero attached hydrogens (tertiary/aromatic N) is 1. The number of rotatable bonds is 8. The van der Waals surface area contributed by atoms with Crippen LogP contribution in [0, 0.1) is 0 Å². The van der Waals surface area contributed by atoms with Crippen molar-refractivity contribution < 1.29 is 28.7 Å². The molecule has 0 aromatic heterocycles. The molecule has 1 saturated heterocycles. The second-order valence-corrected chi connectivity index (χ2v) is 9.32. The third kappa shape index (κ3) is 5.47. The summed E-state index contributed by atoms with van der Waals surface area (Å²) in [5.74, 6) is -1.06. The minimum absolute atomic E-state index is 0.187. The zero-order valence-corrected chi connectivity index (χ0v) is 19.2. The van der Waals surface area contributed by atoms with Crippen LogP contribution in [0.25, 0.3) is 0 Å². The Balaban J connectivity index is 1.81. The van der Waals surface area contributed by atoms with Gasteiger partial charge in [-0.05, 0) is 52.2 Å². The highest BCUT2D eigenvalue weighted by atomic mass is 16.6. The number of benzene rings is 1. The quantitative estimate of drug-likeness (QED) is 0.376. The van der Waals surface area contributed by atoms with E-state index in [4.69, 9.17) is 9.47 Å². The summed E-state index contributed by atoms with van der Waals surface area (Å²) in [6.45, 7) is 7.70. The molecule has 2 heterocycles. The molecule has 174 valence electrons. The largest absolute Gasteiger partial charge is 0.478 e. The fraction of sp³-hybridized carbons (Fsp3) is 0.583. The second kappa shape index (κ2) is 9.71. The fourth-order valence-corrected chi connectivity index (χ4v) is 3.99. The molecule has 0 radical (unpaired) electrons. The van der Waals surface area contributed by atoms with E-state index >= 15 is 0 Å². The number of nitrogens with one attached hydrogen (secondary N) is 1. The van der Waals surface area contributed by atoms with Crippen molar-refractivity contribution in [3.05, 3.63) is 29.3 Å². The lowest BCUT2D eigenvalue weighted by atomic mass is 10.0. The van der Waals surface area contributed by atoms with E-state index in [1.165, 1.54) is 4.90 Å². The number of unbranched alkanes of at least 4 members (excludes halogenated alkanes) is 2. The lowest BCUT2D eigenvalue weighted by Gasteiger charge is -2.29. The van der Waals surface area contributed by atoms with Gasteiger partial charge in [-0.15, -0.1) is 0 Å². The van der Waals surface area contributed by atoms with Crippen molar-refractivity contribution in [1.82, 2.24) is 10.2 Å². The van der Waals surface area contributed by atoms with Crippen LogP contribution in [-0.2, 0) is 25.7 Å². The SMILES string of the molecule is CCCCCC(Oc1cccc2c1CN(C1CCC(=O)NC1=O)C2=O)C(=O)OC(C)(C)C. The maximum atomic E-state index is 13.0. The molecular weight excluding hydrogens is 412 g/mol. The number of esters is 1. The molecule has 2 aliphatic heterocycles. The molecule has 1 fully saturated rings. The van der Waals surface area contributed by atoms with Gasteiger partial charge in [0.1, 0.15) is 17.4 Å². The number of carbonyl (C=O) groups excluding carboxylic acids is 4. The van der Waals surface area contributed by atoms with E-state index in [0.717, 1.165) is 19.3 Å². The summed E-state index contributed by atoms with van der Waals surface area (Å²) >= 11 is 0. The van der Waals surface area contributed by atoms with Gasteiger partial charge in [0, 0.05) is 17.5 Å². The van der Waals surface area contributed by atoms with Crippen molar-refractivity contribution in [3.8, 4) is 5.75 Å². The van der Waals surface area contributed by atoms with Crippen LogP contribution in [0.4, 0.5) is 0 Å². The maximum absolute atomic E-state index is 13.0. The molecule has 8 nitrogen and oxygen atoms in total. The molecule has 2 unspecified atom stereocenters. The van der Waals surface area contributed by atoms with Crippen molar-refractivity contribution in [2.75, 3.05) is 0 Å². The van der Waals surface area contributed by atoms with Gasteiger partial charge in [0.05, 0.1) is 6.54 Å². The summed E-state index contributed by atoms with van der Waals surface area (Å²) in [5, 5.41) is 2.30. The van der Waals surface area contributed by atoms with Crippen LogP contribution in [0.1, 0.15) is 82.1 Å². The number of carbonyl (C=O) groups is 4. The van der Waals surface area contributed by atoms with Crippen LogP contribution in [0.3, 0.4) is 0 Å². The van der Waals surface area contributed by atoms with Crippen LogP contribution in [0.2, 0.25) is 0 Å². The Labute approximate surface area is 188 Å². The number of ether oxygens (including phenoxy) is 2. The molecule has 3 rings (SSSR count). The summed E-state index contributed by atoms with van der Waals surface area (Å²) in [6.07, 6.45) is 3.01. The van der Waals surface area contributed by atoms with Crippen molar-refractivity contribution in [2.45, 2.75) is 90.5 Å². The van der Waals surface area contributed by atoms with E-state index in [2.05, 4.69) is 12.2 Å². The number of piperidine rings is 1. The third-order valence-electron chi connectivity index (χ3n) is 5.55. The summed E-state index contributed by atoms with van der Waals surface area (Å²) in [7, 11) is 0. The zero-order chi connectivity index (χ0) is 23.5. The summed E-state index contributed by atoms with van der Waals surface area (Å²) in [5.41, 5.74) is 0.454.